The number of rotatable bonds is 11. The molecule has 0 aliphatic heterocycles. The fourth-order valence-corrected chi connectivity index (χ4v) is 5.25. The van der Waals surface area contributed by atoms with Crippen LogP contribution in [0.15, 0.2) is 83.8 Å². The van der Waals surface area contributed by atoms with Crippen molar-refractivity contribution in [2.75, 3.05) is 13.6 Å². The molecule has 3 aromatic rings. The zero-order valence-corrected chi connectivity index (χ0v) is 23.8. The smallest absolute Gasteiger partial charge is 0.243 e. The van der Waals surface area contributed by atoms with Crippen LogP contribution in [0.5, 0.6) is 0 Å². The number of benzene rings is 3. The number of nitrogens with one attached hydrogen (secondary N) is 1. The number of amides is 2. The van der Waals surface area contributed by atoms with E-state index in [0.717, 1.165) is 15.4 Å². The van der Waals surface area contributed by atoms with E-state index >= 15 is 0 Å². The van der Waals surface area contributed by atoms with E-state index in [9.17, 15) is 18.0 Å². The molecule has 0 fully saturated rings. The molecule has 0 saturated carbocycles. The normalized spacial score (nSPS) is 12.4. The lowest BCUT2D eigenvalue weighted by Gasteiger charge is -2.33. The quantitative estimate of drug-likeness (QED) is 0.356. The molecule has 10 heteroatoms. The van der Waals surface area contributed by atoms with Crippen LogP contribution in [0.1, 0.15) is 25.0 Å². The van der Waals surface area contributed by atoms with Gasteiger partial charge in [0.25, 0.3) is 0 Å². The molecule has 0 aliphatic rings. The number of carbonyl (C=O) groups is 2. The summed E-state index contributed by atoms with van der Waals surface area (Å²) in [5.41, 5.74) is 1.62. The van der Waals surface area contributed by atoms with Crippen molar-refractivity contribution in [3.8, 4) is 0 Å². The van der Waals surface area contributed by atoms with Gasteiger partial charge in [-0.15, -0.1) is 0 Å². The molecule has 2 amide bonds. The zero-order valence-electron chi connectivity index (χ0n) is 21.5. The predicted molar refractivity (Wildman–Crippen MR) is 150 cm³/mol. The molecule has 1 N–H and O–H groups in total. The number of nitrogens with zero attached hydrogens (tertiary/aromatic N) is 2. The summed E-state index contributed by atoms with van der Waals surface area (Å²) in [5.74, 6) is -0.839. The van der Waals surface area contributed by atoms with Crippen LogP contribution >= 0.6 is 23.2 Å². The van der Waals surface area contributed by atoms with Gasteiger partial charge in [0.15, 0.2) is 0 Å². The Labute approximate surface area is 234 Å². The van der Waals surface area contributed by atoms with Crippen molar-refractivity contribution in [3.05, 3.63) is 100 Å². The van der Waals surface area contributed by atoms with Crippen molar-refractivity contribution in [1.82, 2.24) is 14.5 Å². The largest absolute Gasteiger partial charge is 0.352 e. The molecule has 3 rings (SSSR count). The van der Waals surface area contributed by atoms with E-state index < -0.39 is 28.5 Å². The van der Waals surface area contributed by atoms with Crippen LogP contribution in [0.4, 0.5) is 0 Å². The van der Waals surface area contributed by atoms with Gasteiger partial charge in [0, 0.05) is 36.1 Å². The third-order valence-electron chi connectivity index (χ3n) is 5.85. The molecule has 38 heavy (non-hydrogen) atoms. The van der Waals surface area contributed by atoms with Crippen molar-refractivity contribution in [1.29, 1.82) is 0 Å². The van der Waals surface area contributed by atoms with E-state index in [1.54, 1.807) is 24.3 Å². The summed E-state index contributed by atoms with van der Waals surface area (Å²) in [6.45, 7) is 3.32. The first-order valence-corrected chi connectivity index (χ1v) is 14.3. The van der Waals surface area contributed by atoms with Gasteiger partial charge in [-0.3, -0.25) is 9.59 Å². The first kappa shape index (κ1) is 29.6. The van der Waals surface area contributed by atoms with Gasteiger partial charge in [-0.2, -0.15) is 4.31 Å². The lowest BCUT2D eigenvalue weighted by molar-refractivity contribution is -0.141. The van der Waals surface area contributed by atoms with Crippen LogP contribution in [-0.4, -0.2) is 55.1 Å². The van der Waals surface area contributed by atoms with Crippen molar-refractivity contribution in [2.24, 2.45) is 0 Å². The number of halogens is 2. The number of hydrogen-bond acceptors (Lipinski definition) is 4. The molecule has 0 aromatic heterocycles. The van der Waals surface area contributed by atoms with E-state index in [1.807, 2.05) is 44.2 Å². The lowest BCUT2D eigenvalue weighted by atomic mass is 10.0. The third-order valence-corrected chi connectivity index (χ3v) is 8.17. The van der Waals surface area contributed by atoms with Gasteiger partial charge in [-0.05, 0) is 61.4 Å². The minimum absolute atomic E-state index is 0.0137. The Kier molecular flexibility index (Phi) is 10.3. The molecule has 3 aromatic carbocycles. The van der Waals surface area contributed by atoms with Crippen LogP contribution < -0.4 is 5.32 Å². The number of likely N-dealkylation sites (N-methyl/N-ethyl adjacent to an activating group) is 1. The molecular weight excluding hydrogens is 545 g/mol. The first-order valence-electron chi connectivity index (χ1n) is 12.1. The average molecular weight is 577 g/mol. The number of hydrogen-bond donors (Lipinski definition) is 1. The van der Waals surface area contributed by atoms with Crippen molar-refractivity contribution < 1.29 is 18.0 Å². The van der Waals surface area contributed by atoms with Gasteiger partial charge in [-0.25, -0.2) is 8.42 Å². The van der Waals surface area contributed by atoms with E-state index in [-0.39, 0.29) is 29.8 Å². The molecule has 0 aliphatic carbocycles. The lowest BCUT2D eigenvalue weighted by Crippen LogP contribution is -2.53. The molecule has 7 nitrogen and oxygen atoms in total. The summed E-state index contributed by atoms with van der Waals surface area (Å²) in [6, 6.07) is 21.0. The Morgan fingerprint density at radius 3 is 1.95 bits per heavy atom. The van der Waals surface area contributed by atoms with Crippen molar-refractivity contribution >= 4 is 45.0 Å². The second-order valence-electron chi connectivity index (χ2n) is 9.23. The molecule has 0 radical (unpaired) electrons. The highest BCUT2D eigenvalue weighted by molar-refractivity contribution is 7.89. The molecule has 1 atom stereocenters. The molecular formula is C28H31Cl2N3O4S. The molecule has 0 heterocycles. The fraction of sp³-hybridized carbons (Fsp3) is 0.286. The summed E-state index contributed by atoms with van der Waals surface area (Å²) >= 11 is 12.0. The summed E-state index contributed by atoms with van der Waals surface area (Å²) in [5, 5.41) is 3.85. The molecule has 0 saturated heterocycles. The predicted octanol–water partition coefficient (Wildman–Crippen LogP) is 4.78. The van der Waals surface area contributed by atoms with E-state index in [1.165, 1.54) is 36.2 Å². The molecule has 202 valence electrons. The molecule has 0 bridgehead atoms. The van der Waals surface area contributed by atoms with Crippen LogP contribution in [0.2, 0.25) is 10.0 Å². The van der Waals surface area contributed by atoms with Crippen molar-refractivity contribution in [3.63, 3.8) is 0 Å². The highest BCUT2D eigenvalue weighted by Crippen LogP contribution is 2.20. The molecule has 1 unspecified atom stereocenters. The second-order valence-corrected chi connectivity index (χ2v) is 12.1. The average Bonchev–Trinajstić information content (AvgIpc) is 2.87. The zero-order chi connectivity index (χ0) is 27.9. The molecule has 0 spiro atoms. The monoisotopic (exact) mass is 575 g/mol. The van der Waals surface area contributed by atoms with Gasteiger partial charge < -0.3 is 10.2 Å². The Morgan fingerprint density at radius 1 is 0.842 bits per heavy atom. The standard InChI is InChI=1S/C28H31Cl2N3O4S/c1-20(2)31-28(35)26(17-21-7-5-4-6-8-21)33(18-22-9-11-23(29)12-10-22)27(34)19-32(3)38(36,37)25-15-13-24(30)14-16-25/h4-16,20,26H,17-19H2,1-3H3,(H,31,35). The van der Waals surface area contributed by atoms with Crippen LogP contribution in [0, 0.1) is 0 Å². The highest BCUT2D eigenvalue weighted by atomic mass is 35.5. The van der Waals surface area contributed by atoms with E-state index in [0.29, 0.717) is 10.0 Å². The maximum Gasteiger partial charge on any atom is 0.243 e. The topological polar surface area (TPSA) is 86.8 Å². The maximum absolute atomic E-state index is 13.8. The number of carbonyl (C=O) groups excluding carboxylic acids is 2. The minimum atomic E-state index is -3.98. The third kappa shape index (κ3) is 8.04. The van der Waals surface area contributed by atoms with Gasteiger partial charge >= 0.3 is 0 Å². The van der Waals surface area contributed by atoms with Crippen LogP contribution in [-0.2, 0) is 32.6 Å². The van der Waals surface area contributed by atoms with E-state index in [2.05, 4.69) is 5.32 Å². The SMILES string of the molecule is CC(C)NC(=O)C(Cc1ccccc1)N(Cc1ccc(Cl)cc1)C(=O)CN(C)S(=O)(=O)c1ccc(Cl)cc1. The first-order chi connectivity index (χ1) is 18.0. The Hall–Kier alpha value is -2.91. The van der Waals surface area contributed by atoms with Gasteiger partial charge in [0.2, 0.25) is 21.8 Å². The maximum atomic E-state index is 13.8. The summed E-state index contributed by atoms with van der Waals surface area (Å²) in [7, 11) is -2.64. The Bertz CT molecular complexity index is 1330. The van der Waals surface area contributed by atoms with Gasteiger partial charge in [0.05, 0.1) is 11.4 Å². The summed E-state index contributed by atoms with van der Waals surface area (Å²) in [4.78, 5) is 28.6. The highest BCUT2D eigenvalue weighted by Gasteiger charge is 2.33. The Balaban J connectivity index is 1.96. The van der Waals surface area contributed by atoms with Crippen LogP contribution in [0.3, 0.4) is 0 Å². The summed E-state index contributed by atoms with van der Waals surface area (Å²) in [6.07, 6.45) is 0.256. The van der Waals surface area contributed by atoms with Gasteiger partial charge in [-0.1, -0.05) is 65.7 Å². The van der Waals surface area contributed by atoms with Crippen molar-refractivity contribution in [2.45, 2.75) is 43.8 Å². The minimum Gasteiger partial charge on any atom is -0.352 e. The van der Waals surface area contributed by atoms with Crippen LogP contribution in [0.25, 0.3) is 0 Å². The van der Waals surface area contributed by atoms with E-state index in [4.69, 9.17) is 23.2 Å². The van der Waals surface area contributed by atoms with Gasteiger partial charge in [0.1, 0.15) is 6.04 Å². The fourth-order valence-electron chi connectivity index (χ4n) is 3.87. The summed E-state index contributed by atoms with van der Waals surface area (Å²) < 4.78 is 27.3. The number of sulfonamides is 1. The Morgan fingerprint density at radius 2 is 1.39 bits per heavy atom. The second kappa shape index (κ2) is 13.2.